The summed E-state index contributed by atoms with van der Waals surface area (Å²) >= 11 is 0. The van der Waals surface area contributed by atoms with Crippen molar-refractivity contribution in [2.75, 3.05) is 6.54 Å². The number of alkyl halides is 1. The van der Waals surface area contributed by atoms with Crippen molar-refractivity contribution in [3.63, 3.8) is 0 Å². The normalized spacial score (nSPS) is 14.2. The molecular weight excluding hydrogens is 225 g/mol. The summed E-state index contributed by atoms with van der Waals surface area (Å²) in [5, 5.41) is 0. The van der Waals surface area contributed by atoms with Crippen LogP contribution in [-0.2, 0) is 12.1 Å². The van der Waals surface area contributed by atoms with Crippen LogP contribution < -0.4 is 5.73 Å². The molecule has 0 amide bonds. The van der Waals surface area contributed by atoms with Crippen molar-refractivity contribution in [1.82, 2.24) is 0 Å². The third-order valence-corrected chi connectivity index (χ3v) is 3.35. The molecule has 0 aliphatic heterocycles. The summed E-state index contributed by atoms with van der Waals surface area (Å²) in [6, 6.07) is 17.0. The lowest BCUT2D eigenvalue weighted by Gasteiger charge is -2.25. The van der Waals surface area contributed by atoms with Crippen LogP contribution in [0.25, 0.3) is 0 Å². The van der Waals surface area contributed by atoms with Gasteiger partial charge in [0.15, 0.2) is 5.67 Å². The van der Waals surface area contributed by atoms with E-state index in [2.05, 4.69) is 0 Å². The molecule has 2 aromatic carbocycles. The van der Waals surface area contributed by atoms with Crippen molar-refractivity contribution in [3.05, 3.63) is 71.3 Å². The van der Waals surface area contributed by atoms with E-state index in [-0.39, 0.29) is 6.54 Å². The quantitative estimate of drug-likeness (QED) is 0.875. The molecule has 0 aliphatic rings. The molecule has 1 nitrogen and oxygen atoms in total. The van der Waals surface area contributed by atoms with E-state index in [1.165, 1.54) is 0 Å². The second-order valence-electron chi connectivity index (χ2n) is 4.64. The van der Waals surface area contributed by atoms with Crippen LogP contribution in [0.5, 0.6) is 0 Å². The molecule has 2 rings (SSSR count). The van der Waals surface area contributed by atoms with Gasteiger partial charge >= 0.3 is 0 Å². The van der Waals surface area contributed by atoms with E-state index in [0.717, 1.165) is 11.1 Å². The average Bonchev–Trinajstić information content (AvgIpc) is 2.42. The first kappa shape index (κ1) is 12.8. The van der Waals surface area contributed by atoms with Crippen LogP contribution in [0.1, 0.15) is 16.7 Å². The van der Waals surface area contributed by atoms with Gasteiger partial charge in [0.1, 0.15) is 0 Å². The third-order valence-electron chi connectivity index (χ3n) is 3.35. The maximum Gasteiger partial charge on any atom is 0.152 e. The molecule has 0 spiro atoms. The maximum absolute atomic E-state index is 15.0. The molecule has 0 aliphatic carbocycles. The Kier molecular flexibility index (Phi) is 3.78. The molecule has 2 heteroatoms. The van der Waals surface area contributed by atoms with Crippen molar-refractivity contribution in [3.8, 4) is 0 Å². The van der Waals surface area contributed by atoms with Crippen molar-refractivity contribution in [2.45, 2.75) is 19.0 Å². The molecule has 0 bridgehead atoms. The summed E-state index contributed by atoms with van der Waals surface area (Å²) in [6.45, 7) is 1.99. The van der Waals surface area contributed by atoms with Crippen LogP contribution >= 0.6 is 0 Å². The van der Waals surface area contributed by atoms with Crippen molar-refractivity contribution in [2.24, 2.45) is 5.73 Å². The van der Waals surface area contributed by atoms with E-state index in [9.17, 15) is 4.39 Å². The summed E-state index contributed by atoms with van der Waals surface area (Å²) in [6.07, 6.45) is 0.320. The minimum atomic E-state index is -1.49. The first-order valence-corrected chi connectivity index (χ1v) is 6.15. The lowest BCUT2D eigenvalue weighted by Crippen LogP contribution is -2.33. The molecule has 1 unspecified atom stereocenters. The summed E-state index contributed by atoms with van der Waals surface area (Å²) in [5.41, 5.74) is 6.93. The van der Waals surface area contributed by atoms with Gasteiger partial charge in [-0.1, -0.05) is 54.6 Å². The van der Waals surface area contributed by atoms with Crippen LogP contribution in [0.2, 0.25) is 0 Å². The second-order valence-corrected chi connectivity index (χ2v) is 4.64. The summed E-state index contributed by atoms with van der Waals surface area (Å²) in [4.78, 5) is 0. The zero-order valence-electron chi connectivity index (χ0n) is 10.6. The largest absolute Gasteiger partial charge is 0.327 e. The number of aryl methyl sites for hydroxylation is 1. The van der Waals surface area contributed by atoms with E-state index in [1.54, 1.807) is 12.1 Å². The predicted octanol–water partition coefficient (Wildman–Crippen LogP) is 3.36. The van der Waals surface area contributed by atoms with Gasteiger partial charge in [0.2, 0.25) is 0 Å². The maximum atomic E-state index is 15.0. The number of nitrogens with two attached hydrogens (primary N) is 1. The van der Waals surface area contributed by atoms with Gasteiger partial charge in [-0.15, -0.1) is 0 Å². The van der Waals surface area contributed by atoms with Gasteiger partial charge in [0.25, 0.3) is 0 Å². The fourth-order valence-corrected chi connectivity index (χ4v) is 2.14. The van der Waals surface area contributed by atoms with Gasteiger partial charge < -0.3 is 5.73 Å². The highest BCUT2D eigenvalue weighted by Crippen LogP contribution is 2.30. The Morgan fingerprint density at radius 1 is 1.00 bits per heavy atom. The second kappa shape index (κ2) is 5.32. The Bertz CT molecular complexity index is 510. The molecule has 2 aromatic rings. The molecule has 0 fully saturated rings. The lowest BCUT2D eigenvalue weighted by molar-refractivity contribution is 0.175. The fraction of sp³-hybridized carbons (Fsp3) is 0.250. The van der Waals surface area contributed by atoms with E-state index in [1.807, 2.05) is 49.4 Å². The zero-order valence-corrected chi connectivity index (χ0v) is 10.6. The van der Waals surface area contributed by atoms with Crippen molar-refractivity contribution >= 4 is 0 Å². The van der Waals surface area contributed by atoms with Crippen LogP contribution in [0.4, 0.5) is 4.39 Å². The van der Waals surface area contributed by atoms with Crippen LogP contribution in [0.15, 0.2) is 54.6 Å². The Morgan fingerprint density at radius 3 is 2.22 bits per heavy atom. The van der Waals surface area contributed by atoms with Gasteiger partial charge in [-0.3, -0.25) is 0 Å². The number of hydrogen-bond acceptors (Lipinski definition) is 1. The van der Waals surface area contributed by atoms with Crippen LogP contribution in [-0.4, -0.2) is 6.54 Å². The Balaban J connectivity index is 2.32. The highest BCUT2D eigenvalue weighted by Gasteiger charge is 2.30. The number of halogens is 1. The minimum Gasteiger partial charge on any atom is -0.327 e. The molecule has 2 N–H and O–H groups in total. The summed E-state index contributed by atoms with van der Waals surface area (Å²) in [5.74, 6) is 0. The minimum absolute atomic E-state index is 0.00858. The van der Waals surface area contributed by atoms with Gasteiger partial charge in [0, 0.05) is 13.0 Å². The molecule has 18 heavy (non-hydrogen) atoms. The van der Waals surface area contributed by atoms with Gasteiger partial charge in [-0.2, -0.15) is 0 Å². The first-order valence-electron chi connectivity index (χ1n) is 6.15. The topological polar surface area (TPSA) is 26.0 Å². The Hall–Kier alpha value is -1.67. The van der Waals surface area contributed by atoms with E-state index < -0.39 is 5.67 Å². The molecule has 0 heterocycles. The van der Waals surface area contributed by atoms with Gasteiger partial charge in [-0.25, -0.2) is 4.39 Å². The molecule has 1 atom stereocenters. The predicted molar refractivity (Wildman–Crippen MR) is 73.2 cm³/mol. The average molecular weight is 243 g/mol. The van der Waals surface area contributed by atoms with E-state index >= 15 is 0 Å². The molecule has 94 valence electrons. The third kappa shape index (κ3) is 2.59. The van der Waals surface area contributed by atoms with Crippen LogP contribution in [0.3, 0.4) is 0 Å². The smallest absolute Gasteiger partial charge is 0.152 e. The van der Waals surface area contributed by atoms with Gasteiger partial charge in [-0.05, 0) is 23.6 Å². The van der Waals surface area contributed by atoms with Crippen LogP contribution in [0, 0.1) is 6.92 Å². The number of hydrogen-bond donors (Lipinski definition) is 1. The van der Waals surface area contributed by atoms with E-state index in [0.29, 0.717) is 12.0 Å². The van der Waals surface area contributed by atoms with Gasteiger partial charge in [0.05, 0.1) is 0 Å². The zero-order chi connectivity index (χ0) is 13.0. The highest BCUT2D eigenvalue weighted by molar-refractivity contribution is 5.31. The monoisotopic (exact) mass is 243 g/mol. The number of benzene rings is 2. The molecule has 0 aromatic heterocycles. The highest BCUT2D eigenvalue weighted by atomic mass is 19.1. The SMILES string of the molecule is Cc1ccccc1CC(F)(CN)c1ccccc1. The number of rotatable bonds is 4. The fourth-order valence-electron chi connectivity index (χ4n) is 2.14. The standard InChI is InChI=1S/C16H18FN/c1-13-7-5-6-8-14(13)11-16(17,12-18)15-9-3-2-4-10-15/h2-10H,11-12,18H2,1H3. The molecule has 0 saturated heterocycles. The molecule has 0 saturated carbocycles. The van der Waals surface area contributed by atoms with Crippen molar-refractivity contribution < 1.29 is 4.39 Å². The molecular formula is C16H18FN. The molecule has 0 radical (unpaired) electrons. The van der Waals surface area contributed by atoms with E-state index in [4.69, 9.17) is 5.73 Å². The Morgan fingerprint density at radius 2 is 1.61 bits per heavy atom. The summed E-state index contributed by atoms with van der Waals surface area (Å²) < 4.78 is 15.0. The summed E-state index contributed by atoms with van der Waals surface area (Å²) in [7, 11) is 0. The Labute approximate surface area is 107 Å². The lowest BCUT2D eigenvalue weighted by atomic mass is 9.87. The van der Waals surface area contributed by atoms with Crippen molar-refractivity contribution in [1.29, 1.82) is 0 Å². The first-order chi connectivity index (χ1) is 8.65.